The van der Waals surface area contributed by atoms with Gasteiger partial charge in [-0.05, 0) is 12.8 Å². The summed E-state index contributed by atoms with van der Waals surface area (Å²) in [5, 5.41) is 0. The summed E-state index contributed by atoms with van der Waals surface area (Å²) < 4.78 is 76.0. The van der Waals surface area contributed by atoms with Crippen molar-refractivity contribution in [3.05, 3.63) is 127 Å². The third-order valence-electron chi connectivity index (χ3n) is 11.3. The highest BCUT2D eigenvalue weighted by molar-refractivity contribution is 5.84. The Hall–Kier alpha value is -9.04. The van der Waals surface area contributed by atoms with E-state index in [1.54, 1.807) is 0 Å². The van der Waals surface area contributed by atoms with Crippen molar-refractivity contribution in [2.24, 2.45) is 21.7 Å². The Balaban J connectivity index is 6.25. The molecule has 0 rings (SSSR count). The molecule has 0 fully saturated rings. The van der Waals surface area contributed by atoms with Crippen molar-refractivity contribution in [1.82, 2.24) is 0 Å². The number of hydrogen-bond acceptors (Lipinski definition) is 26. The van der Waals surface area contributed by atoms with Gasteiger partial charge in [0.2, 0.25) is 0 Å². The fourth-order valence-electron chi connectivity index (χ4n) is 6.48. The lowest BCUT2D eigenvalue weighted by molar-refractivity contribution is -0.174. The van der Waals surface area contributed by atoms with Gasteiger partial charge in [-0.15, -0.1) is 0 Å². The van der Waals surface area contributed by atoms with Crippen molar-refractivity contribution >= 4 is 71.6 Å². The lowest BCUT2D eigenvalue weighted by atomic mass is 9.90. The van der Waals surface area contributed by atoms with Gasteiger partial charge in [0.15, 0.2) is 0 Å². The minimum atomic E-state index is -1.64. The summed E-state index contributed by atoms with van der Waals surface area (Å²) in [5.74, 6) is -10.4. The minimum Gasteiger partial charge on any atom is -0.465 e. The van der Waals surface area contributed by atoms with Crippen LogP contribution in [0.3, 0.4) is 0 Å². The molecule has 0 aliphatic carbocycles. The first-order valence-corrected chi connectivity index (χ1v) is 25.9. The molecule has 0 aliphatic rings. The van der Waals surface area contributed by atoms with Crippen LogP contribution >= 0.6 is 0 Å². The van der Waals surface area contributed by atoms with Gasteiger partial charge in [0.05, 0.1) is 48.1 Å². The first-order valence-electron chi connectivity index (χ1n) is 25.9. The Labute approximate surface area is 493 Å². The summed E-state index contributed by atoms with van der Waals surface area (Å²) >= 11 is 0. The van der Waals surface area contributed by atoms with Gasteiger partial charge < -0.3 is 66.3 Å². The fourth-order valence-corrected chi connectivity index (χ4v) is 6.48. The van der Waals surface area contributed by atoms with Crippen LogP contribution in [-0.2, 0) is 124 Å². The number of rotatable bonds is 50. The first-order chi connectivity index (χ1) is 40.5. The second kappa shape index (κ2) is 42.7. The van der Waals surface area contributed by atoms with Gasteiger partial charge in [0, 0.05) is 73.6 Å². The second-order valence-electron chi connectivity index (χ2n) is 18.7. The molecule has 0 aromatic carbocycles. The summed E-state index contributed by atoms with van der Waals surface area (Å²) in [4.78, 5) is 149. The van der Waals surface area contributed by atoms with Gasteiger partial charge in [-0.2, -0.15) is 0 Å². The Morgan fingerprint density at radius 1 is 0.212 bits per heavy atom. The van der Waals surface area contributed by atoms with E-state index in [1.807, 2.05) is 0 Å². The predicted molar refractivity (Wildman–Crippen MR) is 297 cm³/mol. The van der Waals surface area contributed by atoms with Gasteiger partial charge in [0.25, 0.3) is 0 Å². The molecule has 0 aromatic rings. The molecule has 0 N–H and O–H groups in total. The minimum absolute atomic E-state index is 0.128. The molecule has 0 unspecified atom stereocenters. The largest absolute Gasteiger partial charge is 0.465 e. The maximum Gasteiger partial charge on any atom is 0.330 e. The lowest BCUT2D eigenvalue weighted by Crippen LogP contribution is -2.47. The third kappa shape index (κ3) is 33.6. The van der Waals surface area contributed by atoms with E-state index in [0.29, 0.717) is 32.1 Å². The van der Waals surface area contributed by atoms with Gasteiger partial charge in [-0.3, -0.25) is 9.59 Å². The second-order valence-corrected chi connectivity index (χ2v) is 18.7. The number of carbonyl (C=O) groups is 12. The number of ether oxygens (including phenoxy) is 14. The van der Waals surface area contributed by atoms with E-state index in [-0.39, 0.29) is 12.8 Å². The zero-order valence-corrected chi connectivity index (χ0v) is 47.7. The fraction of sp³-hybridized carbons (Fsp3) is 0.458. The summed E-state index contributed by atoms with van der Waals surface area (Å²) in [5.41, 5.74) is -6.49. The quantitative estimate of drug-likeness (QED) is 0.0358. The monoisotopic (exact) mass is 1200 g/mol. The van der Waals surface area contributed by atoms with Gasteiger partial charge in [-0.25, -0.2) is 47.9 Å². The van der Waals surface area contributed by atoms with Crippen LogP contribution in [0.15, 0.2) is 127 Å². The average Bonchev–Trinajstić information content (AvgIpc) is 3.53. The lowest BCUT2D eigenvalue weighted by Gasteiger charge is -2.35. The van der Waals surface area contributed by atoms with Gasteiger partial charge in [0.1, 0.15) is 79.3 Å². The third-order valence-corrected chi connectivity index (χ3v) is 11.3. The Morgan fingerprint density at radius 2 is 0.353 bits per heavy atom. The molecule has 468 valence electrons. The molecule has 0 atom stereocenters. The van der Waals surface area contributed by atoms with Crippen LogP contribution in [0.5, 0.6) is 0 Å². The molecule has 0 aliphatic heterocycles. The van der Waals surface area contributed by atoms with Gasteiger partial charge in [-0.1, -0.05) is 85.1 Å². The first kappa shape index (κ1) is 76.0. The van der Waals surface area contributed by atoms with Crippen molar-refractivity contribution in [2.75, 3.05) is 106 Å². The molecule has 0 bridgehead atoms. The van der Waals surface area contributed by atoms with Crippen molar-refractivity contribution in [2.45, 2.75) is 44.9 Å². The average molecular weight is 1200 g/mol. The standard InChI is InChI=1S/C59H76O26/c1-11-44(60)74-32-56(33-75-45(61)12-2,34-76-46(62)13-3)28-72-30-58(38-80-50(66)17-7,39-81-51(67)18-8)42-84-54(70)26-24-22-21-23-25-27-55(71)85-43-59(40-82-52(68)19-9,41-83-53(69)20-10)31-73-29-57(35-77-47(63)14-4,36-78-48(64)15-5)37-79-49(65)16-6/h11-20H,1-10,21-43H2. The maximum absolute atomic E-state index is 13.2. The van der Waals surface area contributed by atoms with Crippen LogP contribution in [0.25, 0.3) is 0 Å². The maximum atomic E-state index is 13.2. The zero-order valence-electron chi connectivity index (χ0n) is 47.7. The highest BCUT2D eigenvalue weighted by Crippen LogP contribution is 2.29. The molecule has 0 heterocycles. The number of carbonyl (C=O) groups excluding carboxylic acids is 12. The zero-order chi connectivity index (χ0) is 64.2. The Kier molecular flexibility index (Phi) is 38.2. The molecule has 85 heavy (non-hydrogen) atoms. The molecule has 0 saturated carbocycles. The van der Waals surface area contributed by atoms with Crippen LogP contribution in [0.4, 0.5) is 0 Å². The highest BCUT2D eigenvalue weighted by Gasteiger charge is 2.42. The molecular formula is C59H76O26. The normalized spacial score (nSPS) is 10.9. The van der Waals surface area contributed by atoms with Crippen molar-refractivity contribution in [3.63, 3.8) is 0 Å². The molecule has 0 saturated heterocycles. The molecular weight excluding hydrogens is 1120 g/mol. The molecule has 0 aromatic heterocycles. The summed E-state index contributed by atoms with van der Waals surface area (Å²) in [6.07, 6.45) is 10.3. The van der Waals surface area contributed by atoms with E-state index >= 15 is 0 Å². The predicted octanol–water partition coefficient (Wildman–Crippen LogP) is 4.07. The number of esters is 12. The van der Waals surface area contributed by atoms with E-state index in [0.717, 1.165) is 60.8 Å². The van der Waals surface area contributed by atoms with Crippen LogP contribution in [0, 0.1) is 21.7 Å². The van der Waals surface area contributed by atoms with E-state index in [2.05, 4.69) is 65.8 Å². The van der Waals surface area contributed by atoms with Crippen molar-refractivity contribution in [1.29, 1.82) is 0 Å². The highest BCUT2D eigenvalue weighted by atomic mass is 16.6. The van der Waals surface area contributed by atoms with Crippen LogP contribution in [-0.4, -0.2) is 177 Å². The van der Waals surface area contributed by atoms with E-state index in [1.165, 1.54) is 0 Å². The van der Waals surface area contributed by atoms with E-state index < -0.39 is 199 Å². The summed E-state index contributed by atoms with van der Waals surface area (Å²) in [6, 6.07) is 0. The van der Waals surface area contributed by atoms with E-state index in [4.69, 9.17) is 66.3 Å². The smallest absolute Gasteiger partial charge is 0.330 e. The summed E-state index contributed by atoms with van der Waals surface area (Å²) in [6.45, 7) is 24.6. The van der Waals surface area contributed by atoms with Crippen molar-refractivity contribution < 1.29 is 124 Å². The molecule has 0 radical (unpaired) electrons. The Bertz CT molecular complexity index is 2070. The molecule has 0 spiro atoms. The van der Waals surface area contributed by atoms with Gasteiger partial charge >= 0.3 is 71.6 Å². The number of unbranched alkanes of at least 4 members (excludes halogenated alkanes) is 4. The van der Waals surface area contributed by atoms with Crippen LogP contribution in [0.2, 0.25) is 0 Å². The topological polar surface area (TPSA) is 334 Å². The molecule has 26 heteroatoms. The van der Waals surface area contributed by atoms with Crippen LogP contribution < -0.4 is 0 Å². The Morgan fingerprint density at radius 3 is 0.506 bits per heavy atom. The number of hydrogen-bond donors (Lipinski definition) is 0. The van der Waals surface area contributed by atoms with Crippen molar-refractivity contribution in [3.8, 4) is 0 Å². The summed E-state index contributed by atoms with van der Waals surface area (Å²) in [7, 11) is 0. The van der Waals surface area contributed by atoms with E-state index in [9.17, 15) is 57.5 Å². The SMILES string of the molecule is C=CC(=O)OCC(COCC(COC(=O)C=C)(COC(=O)C=C)COC(=O)CCCCCCCC(=O)OCC(COCC(COC(=O)C=C)(COC(=O)C=C)COC(=O)C=C)(COC(=O)C=C)COC(=O)C=C)(COC(=O)C=C)COC(=O)C=C. The van der Waals surface area contributed by atoms with Crippen LogP contribution in [0.1, 0.15) is 44.9 Å². The molecule has 0 amide bonds. The molecule has 26 nitrogen and oxygen atoms in total.